The third-order valence-electron chi connectivity index (χ3n) is 3.73. The molecule has 100 valence electrons. The highest BCUT2D eigenvalue weighted by Crippen LogP contribution is 2.32. The molecule has 4 heteroatoms. The Morgan fingerprint density at radius 3 is 2.89 bits per heavy atom. The predicted molar refractivity (Wildman–Crippen MR) is 73.6 cm³/mol. The van der Waals surface area contributed by atoms with Crippen LogP contribution < -0.4 is 4.90 Å². The molecular weight excluding hydrogens is 251 g/mol. The van der Waals surface area contributed by atoms with E-state index < -0.39 is 0 Å². The summed E-state index contributed by atoms with van der Waals surface area (Å²) in [5.74, 6) is 0.402. The lowest BCUT2D eigenvalue weighted by atomic mass is 9.85. The summed E-state index contributed by atoms with van der Waals surface area (Å²) in [5, 5.41) is 0. The van der Waals surface area contributed by atoms with Gasteiger partial charge in [0.2, 0.25) is 0 Å². The highest BCUT2D eigenvalue weighted by Gasteiger charge is 2.25. The first-order chi connectivity index (χ1) is 8.53. The highest BCUT2D eigenvalue weighted by molar-refractivity contribution is 6.17. The van der Waals surface area contributed by atoms with E-state index in [-0.39, 0.29) is 11.7 Å². The van der Waals surface area contributed by atoms with Crippen LogP contribution in [0.5, 0.6) is 0 Å². The number of rotatable bonds is 2. The van der Waals surface area contributed by atoms with Gasteiger partial charge in [0.15, 0.2) is 11.6 Å². The summed E-state index contributed by atoms with van der Waals surface area (Å²) in [4.78, 5) is 6.25. The van der Waals surface area contributed by atoms with E-state index in [1.165, 1.54) is 6.42 Å². The molecule has 0 spiro atoms. The minimum absolute atomic E-state index is 0.195. The van der Waals surface area contributed by atoms with Gasteiger partial charge in [-0.25, -0.2) is 9.37 Å². The lowest BCUT2D eigenvalue weighted by Gasteiger charge is -2.24. The number of halogens is 2. The van der Waals surface area contributed by atoms with Gasteiger partial charge < -0.3 is 4.90 Å². The van der Waals surface area contributed by atoms with Crippen LogP contribution in [0.4, 0.5) is 10.2 Å². The Hall–Kier alpha value is -0.830. The Morgan fingerprint density at radius 1 is 1.39 bits per heavy atom. The molecule has 0 atom stereocenters. The maximum absolute atomic E-state index is 14.2. The molecule has 0 bridgehead atoms. The SMILES string of the molecule is CC1(C)CCCN(c2nccc(CCl)c2F)CC1. The number of hydrogen-bond acceptors (Lipinski definition) is 2. The highest BCUT2D eigenvalue weighted by atomic mass is 35.5. The predicted octanol–water partition coefficient (Wildman–Crippen LogP) is 3.98. The van der Waals surface area contributed by atoms with E-state index >= 15 is 0 Å². The van der Waals surface area contributed by atoms with Crippen LogP contribution in [-0.2, 0) is 5.88 Å². The molecule has 2 rings (SSSR count). The van der Waals surface area contributed by atoms with E-state index in [0.29, 0.717) is 16.8 Å². The number of alkyl halides is 1. The molecule has 0 N–H and O–H groups in total. The Balaban J connectivity index is 2.21. The van der Waals surface area contributed by atoms with Crippen molar-refractivity contribution in [2.75, 3.05) is 18.0 Å². The van der Waals surface area contributed by atoms with Crippen LogP contribution >= 0.6 is 11.6 Å². The second-order valence-electron chi connectivity index (χ2n) is 5.75. The Kier molecular flexibility index (Phi) is 4.10. The Bertz CT molecular complexity index is 420. The summed E-state index contributed by atoms with van der Waals surface area (Å²) < 4.78 is 14.2. The molecule has 1 aromatic rings. The van der Waals surface area contributed by atoms with Crippen molar-refractivity contribution in [2.24, 2.45) is 5.41 Å². The first kappa shape index (κ1) is 13.6. The number of pyridine rings is 1. The quantitative estimate of drug-likeness (QED) is 0.756. The molecule has 1 saturated heterocycles. The summed E-state index contributed by atoms with van der Waals surface area (Å²) in [6.07, 6.45) is 4.98. The van der Waals surface area contributed by atoms with Crippen molar-refractivity contribution in [3.05, 3.63) is 23.6 Å². The minimum atomic E-state index is -0.257. The molecule has 0 aromatic carbocycles. The average molecular weight is 271 g/mol. The van der Waals surface area contributed by atoms with Crippen molar-refractivity contribution in [1.29, 1.82) is 0 Å². The monoisotopic (exact) mass is 270 g/mol. The zero-order valence-electron chi connectivity index (χ0n) is 11.0. The second-order valence-corrected chi connectivity index (χ2v) is 6.01. The molecule has 0 saturated carbocycles. The Morgan fingerprint density at radius 2 is 2.17 bits per heavy atom. The smallest absolute Gasteiger partial charge is 0.170 e. The topological polar surface area (TPSA) is 16.1 Å². The van der Waals surface area contributed by atoms with E-state index in [1.807, 2.05) is 0 Å². The number of hydrogen-bond donors (Lipinski definition) is 0. The average Bonchev–Trinajstić information content (AvgIpc) is 2.51. The fourth-order valence-corrected chi connectivity index (χ4v) is 2.64. The molecule has 0 aliphatic carbocycles. The van der Waals surface area contributed by atoms with Gasteiger partial charge in [-0.3, -0.25) is 0 Å². The van der Waals surface area contributed by atoms with E-state index in [1.54, 1.807) is 12.3 Å². The van der Waals surface area contributed by atoms with Crippen molar-refractivity contribution in [3.8, 4) is 0 Å². The minimum Gasteiger partial charge on any atom is -0.354 e. The summed E-state index contributed by atoms with van der Waals surface area (Å²) >= 11 is 5.73. The van der Waals surface area contributed by atoms with Crippen LogP contribution in [0.1, 0.15) is 38.7 Å². The van der Waals surface area contributed by atoms with Gasteiger partial charge in [0.1, 0.15) is 0 Å². The van der Waals surface area contributed by atoms with Crippen molar-refractivity contribution >= 4 is 17.4 Å². The van der Waals surface area contributed by atoms with Gasteiger partial charge in [-0.1, -0.05) is 13.8 Å². The van der Waals surface area contributed by atoms with Gasteiger partial charge in [0.05, 0.1) is 5.88 Å². The van der Waals surface area contributed by atoms with Crippen LogP contribution in [-0.4, -0.2) is 18.1 Å². The van der Waals surface area contributed by atoms with Crippen molar-refractivity contribution in [3.63, 3.8) is 0 Å². The molecule has 2 heterocycles. The first-order valence-corrected chi connectivity index (χ1v) is 7.01. The standard InChI is InChI=1S/C14H20ClFN2/c1-14(2)5-3-8-18(9-6-14)13-12(16)11(10-15)4-7-17-13/h4,7H,3,5-6,8-10H2,1-2H3. The molecule has 0 amide bonds. The number of anilines is 1. The van der Waals surface area contributed by atoms with Gasteiger partial charge in [-0.15, -0.1) is 11.6 Å². The van der Waals surface area contributed by atoms with E-state index in [4.69, 9.17) is 11.6 Å². The molecule has 2 nitrogen and oxygen atoms in total. The van der Waals surface area contributed by atoms with E-state index in [2.05, 4.69) is 23.7 Å². The third-order valence-corrected chi connectivity index (χ3v) is 4.02. The van der Waals surface area contributed by atoms with Crippen LogP contribution in [0.25, 0.3) is 0 Å². The van der Waals surface area contributed by atoms with Crippen molar-refractivity contribution < 1.29 is 4.39 Å². The molecule has 18 heavy (non-hydrogen) atoms. The summed E-state index contributed by atoms with van der Waals surface area (Å²) in [7, 11) is 0. The van der Waals surface area contributed by atoms with Crippen LogP contribution in [0, 0.1) is 11.2 Å². The second kappa shape index (κ2) is 5.43. The van der Waals surface area contributed by atoms with E-state index in [0.717, 1.165) is 25.9 Å². The van der Waals surface area contributed by atoms with Gasteiger partial charge in [0, 0.05) is 24.8 Å². The molecule has 0 unspecified atom stereocenters. The third kappa shape index (κ3) is 2.94. The van der Waals surface area contributed by atoms with Crippen LogP contribution in [0.2, 0.25) is 0 Å². The largest absolute Gasteiger partial charge is 0.354 e. The van der Waals surface area contributed by atoms with Gasteiger partial charge in [-0.05, 0) is 30.7 Å². The maximum Gasteiger partial charge on any atom is 0.170 e. The molecule has 1 aliphatic rings. The van der Waals surface area contributed by atoms with Gasteiger partial charge >= 0.3 is 0 Å². The molecule has 1 aromatic heterocycles. The zero-order chi connectivity index (χ0) is 13.2. The van der Waals surface area contributed by atoms with Crippen LogP contribution in [0.15, 0.2) is 12.3 Å². The van der Waals surface area contributed by atoms with Crippen molar-refractivity contribution in [1.82, 2.24) is 4.98 Å². The van der Waals surface area contributed by atoms with Gasteiger partial charge in [-0.2, -0.15) is 0 Å². The molecular formula is C14H20ClFN2. The molecule has 1 fully saturated rings. The van der Waals surface area contributed by atoms with Crippen molar-refractivity contribution in [2.45, 2.75) is 39.0 Å². The number of aromatic nitrogens is 1. The summed E-state index contributed by atoms with van der Waals surface area (Å²) in [5.41, 5.74) is 0.875. The van der Waals surface area contributed by atoms with Crippen LogP contribution in [0.3, 0.4) is 0 Å². The Labute approximate surface area is 113 Å². The molecule has 1 aliphatic heterocycles. The molecule has 0 radical (unpaired) electrons. The lowest BCUT2D eigenvalue weighted by Crippen LogP contribution is -2.27. The number of nitrogens with zero attached hydrogens (tertiary/aromatic N) is 2. The fraction of sp³-hybridized carbons (Fsp3) is 0.643. The van der Waals surface area contributed by atoms with Gasteiger partial charge in [0.25, 0.3) is 0 Å². The first-order valence-electron chi connectivity index (χ1n) is 6.48. The maximum atomic E-state index is 14.2. The summed E-state index contributed by atoms with van der Waals surface area (Å²) in [6, 6.07) is 1.65. The fourth-order valence-electron chi connectivity index (χ4n) is 2.43. The van der Waals surface area contributed by atoms with E-state index in [9.17, 15) is 4.39 Å². The zero-order valence-corrected chi connectivity index (χ0v) is 11.8. The summed E-state index contributed by atoms with van der Waals surface area (Å²) in [6.45, 7) is 6.28. The normalized spacial score (nSPS) is 19.7. The lowest BCUT2D eigenvalue weighted by molar-refractivity contribution is 0.325.